The largest absolute Gasteiger partial charge is 0.450 e. The van der Waals surface area contributed by atoms with E-state index >= 15 is 0 Å². The molecular weight excluding hydrogens is 470 g/mol. The highest BCUT2D eigenvalue weighted by Gasteiger charge is 2.25. The molecule has 1 fully saturated rings. The van der Waals surface area contributed by atoms with E-state index in [0.717, 1.165) is 18.4 Å². The Morgan fingerprint density at radius 2 is 1.97 bits per heavy atom. The van der Waals surface area contributed by atoms with E-state index in [1.54, 1.807) is 46.3 Å². The van der Waals surface area contributed by atoms with Gasteiger partial charge in [0.05, 0.1) is 12.4 Å². The minimum Gasteiger partial charge on any atom is -0.450 e. The molecule has 5 heterocycles. The summed E-state index contributed by atoms with van der Waals surface area (Å²) >= 11 is 6.76. The number of anilines is 3. The molecule has 0 amide bonds. The van der Waals surface area contributed by atoms with Gasteiger partial charge in [0.2, 0.25) is 5.95 Å². The van der Waals surface area contributed by atoms with Crippen LogP contribution in [0.5, 0.6) is 11.5 Å². The summed E-state index contributed by atoms with van der Waals surface area (Å²) in [6.45, 7) is 0. The summed E-state index contributed by atoms with van der Waals surface area (Å²) in [5.74, 6) is 2.41. The number of pyridine rings is 2. The zero-order chi connectivity index (χ0) is 24.3. The zero-order valence-electron chi connectivity index (χ0n) is 19.3. The van der Waals surface area contributed by atoms with Crippen LogP contribution in [0.3, 0.4) is 0 Å². The molecule has 0 radical (unpaired) electrons. The van der Waals surface area contributed by atoms with Crippen LogP contribution in [-0.4, -0.2) is 40.7 Å². The van der Waals surface area contributed by atoms with Gasteiger partial charge in [-0.05, 0) is 30.4 Å². The highest BCUT2D eigenvalue weighted by atomic mass is 35.5. The van der Waals surface area contributed by atoms with E-state index in [1.807, 2.05) is 19.3 Å². The number of fused-ring (bicyclic) bond motifs is 2. The Hall–Kier alpha value is -4.12. The van der Waals surface area contributed by atoms with Gasteiger partial charge >= 0.3 is 0 Å². The van der Waals surface area contributed by atoms with Crippen LogP contribution in [0.25, 0.3) is 16.7 Å². The molecule has 1 aliphatic rings. The molecule has 12 heteroatoms. The van der Waals surface area contributed by atoms with Gasteiger partial charge in [0.1, 0.15) is 16.2 Å². The third kappa shape index (κ3) is 3.55. The van der Waals surface area contributed by atoms with Crippen LogP contribution in [0.2, 0.25) is 5.02 Å². The third-order valence-electron chi connectivity index (χ3n) is 6.16. The molecule has 5 aromatic rings. The number of nitrogens with zero attached hydrogens (tertiary/aromatic N) is 7. The van der Waals surface area contributed by atoms with Gasteiger partial charge in [0.15, 0.2) is 28.5 Å². The molecule has 11 nitrogen and oxygen atoms in total. The number of rotatable bonds is 6. The second-order valence-corrected chi connectivity index (χ2v) is 8.91. The van der Waals surface area contributed by atoms with Gasteiger partial charge in [-0.1, -0.05) is 11.6 Å². The second kappa shape index (κ2) is 7.98. The summed E-state index contributed by atoms with van der Waals surface area (Å²) in [7, 11) is 5.34. The first-order valence-electron chi connectivity index (χ1n) is 11.1. The monoisotopic (exact) mass is 491 g/mol. The first-order valence-corrected chi connectivity index (χ1v) is 11.5. The number of hydrogen-bond acceptors (Lipinski definition) is 8. The van der Waals surface area contributed by atoms with E-state index in [0.29, 0.717) is 56.6 Å². The highest BCUT2D eigenvalue weighted by molar-refractivity contribution is 6.36. The molecule has 35 heavy (non-hydrogen) atoms. The van der Waals surface area contributed by atoms with Gasteiger partial charge in [0, 0.05) is 39.7 Å². The van der Waals surface area contributed by atoms with Crippen molar-refractivity contribution in [3.05, 3.63) is 58.0 Å². The van der Waals surface area contributed by atoms with E-state index < -0.39 is 0 Å². The fourth-order valence-corrected chi connectivity index (χ4v) is 4.48. The Morgan fingerprint density at radius 1 is 1.14 bits per heavy atom. The molecule has 6 rings (SSSR count). The summed E-state index contributed by atoms with van der Waals surface area (Å²) in [6.07, 6.45) is 10.7. The summed E-state index contributed by atoms with van der Waals surface area (Å²) in [5, 5.41) is 10.9. The lowest BCUT2D eigenvalue weighted by Gasteiger charge is -2.10. The number of nitrogens with one attached hydrogen (secondary N) is 2. The van der Waals surface area contributed by atoms with E-state index in [9.17, 15) is 4.79 Å². The minimum absolute atomic E-state index is 0.133. The Bertz CT molecular complexity index is 1670. The van der Waals surface area contributed by atoms with Crippen molar-refractivity contribution in [2.75, 3.05) is 17.7 Å². The van der Waals surface area contributed by atoms with Gasteiger partial charge in [-0.3, -0.25) is 4.79 Å². The lowest BCUT2D eigenvalue weighted by Crippen LogP contribution is -2.20. The summed E-state index contributed by atoms with van der Waals surface area (Å²) < 4.78 is 11.1. The molecule has 0 spiro atoms. The lowest BCUT2D eigenvalue weighted by atomic mass is 10.2. The normalized spacial score (nSPS) is 13.5. The number of ether oxygens (including phenoxy) is 1. The van der Waals surface area contributed by atoms with Crippen molar-refractivity contribution < 1.29 is 4.74 Å². The van der Waals surface area contributed by atoms with Gasteiger partial charge < -0.3 is 24.5 Å². The molecule has 0 saturated heterocycles. The number of hydrogen-bond donors (Lipinski definition) is 2. The topological polar surface area (TPSA) is 116 Å². The van der Waals surface area contributed by atoms with Gasteiger partial charge in [-0.25, -0.2) is 14.5 Å². The van der Waals surface area contributed by atoms with Crippen LogP contribution in [0.15, 0.2) is 41.8 Å². The third-order valence-corrected chi connectivity index (χ3v) is 6.52. The Labute approximate surface area is 204 Å². The lowest BCUT2D eigenvalue weighted by molar-refractivity contribution is 0.486. The van der Waals surface area contributed by atoms with Crippen molar-refractivity contribution >= 4 is 45.7 Å². The Kier molecular flexibility index (Phi) is 4.88. The number of aromatic nitrogens is 7. The maximum Gasteiger partial charge on any atom is 0.274 e. The van der Waals surface area contributed by atoms with Crippen molar-refractivity contribution in [3.63, 3.8) is 0 Å². The van der Waals surface area contributed by atoms with Gasteiger partial charge in [0.25, 0.3) is 5.56 Å². The molecule has 5 aromatic heterocycles. The molecule has 0 aromatic carbocycles. The molecule has 178 valence electrons. The van der Waals surface area contributed by atoms with Crippen molar-refractivity contribution in [1.82, 2.24) is 33.7 Å². The fourth-order valence-electron chi connectivity index (χ4n) is 4.18. The first-order chi connectivity index (χ1) is 16.9. The maximum absolute atomic E-state index is 12.7. The van der Waals surface area contributed by atoms with Crippen molar-refractivity contribution in [2.24, 2.45) is 14.1 Å². The molecule has 0 bridgehead atoms. The van der Waals surface area contributed by atoms with E-state index in [2.05, 4.69) is 30.7 Å². The zero-order valence-corrected chi connectivity index (χ0v) is 20.0. The SMILES string of the molecule is CNc1nccn2ncc(Oc3cnc4nc(Nc5cc(C6CC6)cn(C)c5=O)n(C)c4c3Cl)c12. The number of aryl methyl sites for hydroxylation is 2. The molecule has 0 aliphatic heterocycles. The molecule has 1 saturated carbocycles. The quantitative estimate of drug-likeness (QED) is 0.368. The standard InChI is InChI=1S/C23H22ClN9O2/c1-25-20-18-16(10-28-33(18)7-6-26-20)35-15-9-27-21-19(17(15)24)32(3)23(30-21)29-14-8-13(12-4-5-12)11-31(2)22(14)34/h6-12H,4-5H2,1-3H3,(H,25,26)(H,27,29,30). The molecule has 0 unspecified atom stereocenters. The van der Waals surface area contributed by atoms with Crippen LogP contribution < -0.4 is 20.9 Å². The highest BCUT2D eigenvalue weighted by Crippen LogP contribution is 2.41. The summed E-state index contributed by atoms with van der Waals surface area (Å²) in [6, 6.07) is 1.90. The molecular formula is C23H22ClN9O2. The Balaban J connectivity index is 1.38. The average molecular weight is 492 g/mol. The predicted octanol–water partition coefficient (Wildman–Crippen LogP) is 3.82. The smallest absolute Gasteiger partial charge is 0.274 e. The van der Waals surface area contributed by atoms with Gasteiger partial charge in [-0.2, -0.15) is 10.1 Å². The average Bonchev–Trinajstić information content (AvgIpc) is 3.55. The van der Waals surface area contributed by atoms with E-state index in [-0.39, 0.29) is 5.56 Å². The van der Waals surface area contributed by atoms with Crippen molar-refractivity contribution in [1.29, 1.82) is 0 Å². The van der Waals surface area contributed by atoms with Crippen LogP contribution in [-0.2, 0) is 14.1 Å². The molecule has 0 atom stereocenters. The number of halogens is 1. The fraction of sp³-hybridized carbons (Fsp3) is 0.261. The van der Waals surface area contributed by atoms with Crippen molar-refractivity contribution in [2.45, 2.75) is 18.8 Å². The van der Waals surface area contributed by atoms with Gasteiger partial charge in [-0.15, -0.1) is 0 Å². The Morgan fingerprint density at radius 3 is 2.74 bits per heavy atom. The molecule has 1 aliphatic carbocycles. The predicted molar refractivity (Wildman–Crippen MR) is 133 cm³/mol. The van der Waals surface area contributed by atoms with Crippen LogP contribution in [0.1, 0.15) is 24.3 Å². The van der Waals surface area contributed by atoms with Crippen LogP contribution in [0.4, 0.5) is 17.5 Å². The molecule has 2 N–H and O–H groups in total. The van der Waals surface area contributed by atoms with Crippen LogP contribution >= 0.6 is 11.6 Å². The summed E-state index contributed by atoms with van der Waals surface area (Å²) in [4.78, 5) is 26.1. The van der Waals surface area contributed by atoms with E-state index in [4.69, 9.17) is 16.3 Å². The number of imidazole rings is 1. The second-order valence-electron chi connectivity index (χ2n) is 8.54. The summed E-state index contributed by atoms with van der Waals surface area (Å²) in [5.41, 5.74) is 3.15. The maximum atomic E-state index is 12.7. The van der Waals surface area contributed by atoms with Crippen molar-refractivity contribution in [3.8, 4) is 11.5 Å². The van der Waals surface area contributed by atoms with Crippen LogP contribution in [0, 0.1) is 0 Å². The van der Waals surface area contributed by atoms with E-state index in [1.165, 1.54) is 6.20 Å². The minimum atomic E-state index is -0.133. The first kappa shape index (κ1) is 21.4.